The molecular weight excluding hydrogens is 397 g/mol. The van der Waals surface area contributed by atoms with Gasteiger partial charge in [-0.15, -0.1) is 0 Å². The summed E-state index contributed by atoms with van der Waals surface area (Å²) in [5.41, 5.74) is 2.46. The van der Waals surface area contributed by atoms with E-state index in [-0.39, 0.29) is 22.9 Å². The molecule has 0 amide bonds. The molecule has 0 aromatic carbocycles. The van der Waals surface area contributed by atoms with Crippen LogP contribution in [0.3, 0.4) is 0 Å². The summed E-state index contributed by atoms with van der Waals surface area (Å²) < 4.78 is 16.1. The highest BCUT2D eigenvalue weighted by Crippen LogP contribution is 2.37. The van der Waals surface area contributed by atoms with Crippen LogP contribution in [-0.4, -0.2) is 25.1 Å². The fourth-order valence-corrected chi connectivity index (χ4v) is 4.73. The molecule has 152 valence electrons. The maximum absolute atomic E-state index is 14.1. The summed E-state index contributed by atoms with van der Waals surface area (Å²) in [6, 6.07) is 1.86. The van der Waals surface area contributed by atoms with Gasteiger partial charge in [0, 0.05) is 40.9 Å². The van der Waals surface area contributed by atoms with Crippen LogP contribution in [0.2, 0.25) is 0 Å². The minimum atomic E-state index is -0.318. The Morgan fingerprint density at radius 1 is 1.39 bits per heavy atom. The maximum atomic E-state index is 14.1. The monoisotopic (exact) mass is 423 g/mol. The number of aliphatic hydroxyl groups is 1. The van der Waals surface area contributed by atoms with Gasteiger partial charge in [-0.3, -0.25) is 9.67 Å². The second-order valence-corrected chi connectivity index (χ2v) is 8.26. The van der Waals surface area contributed by atoms with Crippen LogP contribution in [-0.2, 0) is 6.42 Å². The van der Waals surface area contributed by atoms with Crippen molar-refractivity contribution in [3.63, 3.8) is 0 Å². The third kappa shape index (κ3) is 5.39. The van der Waals surface area contributed by atoms with E-state index in [0.29, 0.717) is 23.4 Å². The van der Waals surface area contributed by atoms with Crippen LogP contribution < -0.4 is 0 Å². The Bertz CT molecular complexity index is 877. The number of hydrogen-bond donors (Lipinski definition) is 1. The highest BCUT2D eigenvalue weighted by Gasteiger charge is 2.24. The fourth-order valence-electron chi connectivity index (χ4n) is 2.90. The zero-order valence-corrected chi connectivity index (χ0v) is 18.5. The van der Waals surface area contributed by atoms with Crippen molar-refractivity contribution in [3.8, 4) is 0 Å². The predicted octanol–water partition coefficient (Wildman–Crippen LogP) is 6.35. The molecule has 0 bridgehead atoms. The maximum Gasteiger partial charge on any atom is 0.145 e. The summed E-state index contributed by atoms with van der Waals surface area (Å²) in [5.74, 6) is -0.0506. The molecule has 4 nitrogen and oxygen atoms in total. The van der Waals surface area contributed by atoms with Crippen LogP contribution in [0.25, 0.3) is 0 Å². The van der Waals surface area contributed by atoms with Crippen LogP contribution in [0, 0.1) is 12.7 Å². The minimum Gasteiger partial charge on any atom is -0.512 e. The molecule has 0 saturated heterocycles. The Kier molecular flexibility index (Phi) is 8.13. The van der Waals surface area contributed by atoms with Crippen molar-refractivity contribution in [2.24, 2.45) is 0 Å². The molecule has 0 spiro atoms. The van der Waals surface area contributed by atoms with Crippen LogP contribution in [0.4, 0.5) is 4.39 Å². The number of aliphatic hydroxyl groups excluding tert-OH is 1. The molecule has 0 saturated carbocycles. The molecule has 1 aliphatic rings. The Morgan fingerprint density at radius 2 is 2.11 bits per heavy atom. The average molecular weight is 424 g/mol. The predicted molar refractivity (Wildman–Crippen MR) is 115 cm³/mol. The van der Waals surface area contributed by atoms with E-state index in [1.807, 2.05) is 31.5 Å². The van der Waals surface area contributed by atoms with Gasteiger partial charge in [-0.05, 0) is 38.5 Å². The van der Waals surface area contributed by atoms with E-state index in [2.05, 4.69) is 23.9 Å². The van der Waals surface area contributed by atoms with Crippen LogP contribution in [0.15, 0.2) is 46.4 Å². The third-order valence-electron chi connectivity index (χ3n) is 4.20. The first-order valence-electron chi connectivity index (χ1n) is 9.45. The van der Waals surface area contributed by atoms with E-state index in [1.54, 1.807) is 30.1 Å². The molecule has 3 rings (SSSR count). The van der Waals surface area contributed by atoms with Gasteiger partial charge in [-0.25, -0.2) is 4.39 Å². The molecule has 2 heterocycles. The molecule has 0 fully saturated rings. The van der Waals surface area contributed by atoms with Crippen molar-refractivity contribution < 1.29 is 9.50 Å². The average Bonchev–Trinajstić information content (AvgIpc) is 2.94. The minimum absolute atomic E-state index is 0.00198. The molecule has 1 N–H and O–H groups in total. The van der Waals surface area contributed by atoms with Crippen molar-refractivity contribution in [2.45, 2.75) is 63.8 Å². The number of aryl methyl sites for hydroxylation is 1. The summed E-state index contributed by atoms with van der Waals surface area (Å²) in [7, 11) is 0. The van der Waals surface area contributed by atoms with E-state index in [9.17, 15) is 9.50 Å². The lowest BCUT2D eigenvalue weighted by Crippen LogP contribution is -2.10. The summed E-state index contributed by atoms with van der Waals surface area (Å²) in [6.45, 7) is 10.1. The first kappa shape index (κ1) is 22.5. The smallest absolute Gasteiger partial charge is 0.145 e. The summed E-state index contributed by atoms with van der Waals surface area (Å²) >= 11 is 7.70. The molecule has 0 radical (unpaired) electrons. The Labute approximate surface area is 175 Å². The van der Waals surface area contributed by atoms with Crippen LogP contribution in [0.5, 0.6) is 0 Å². The van der Waals surface area contributed by atoms with Crippen LogP contribution >= 0.6 is 23.4 Å². The number of pyridine rings is 1. The number of thioether (sulfide) groups is 1. The summed E-state index contributed by atoms with van der Waals surface area (Å²) in [4.78, 5) is 3.82. The molecule has 1 aliphatic carbocycles. The van der Waals surface area contributed by atoms with Crippen molar-refractivity contribution >= 4 is 23.4 Å². The Morgan fingerprint density at radius 3 is 2.71 bits per heavy atom. The second kappa shape index (κ2) is 10.1. The van der Waals surface area contributed by atoms with Crippen molar-refractivity contribution in [1.29, 1.82) is 0 Å². The lowest BCUT2D eigenvalue weighted by molar-refractivity contribution is 0.388. The summed E-state index contributed by atoms with van der Waals surface area (Å²) in [5, 5.41) is 16.1. The highest BCUT2D eigenvalue weighted by atomic mass is 35.5. The lowest BCUT2D eigenvalue weighted by atomic mass is 10.1. The van der Waals surface area contributed by atoms with Gasteiger partial charge < -0.3 is 5.11 Å². The topological polar surface area (TPSA) is 50.9 Å². The van der Waals surface area contributed by atoms with E-state index >= 15 is 0 Å². The van der Waals surface area contributed by atoms with Crippen molar-refractivity contribution in [1.82, 2.24) is 14.8 Å². The number of rotatable bonds is 5. The zero-order valence-electron chi connectivity index (χ0n) is 16.9. The van der Waals surface area contributed by atoms with Gasteiger partial charge >= 0.3 is 0 Å². The van der Waals surface area contributed by atoms with Gasteiger partial charge in [-0.1, -0.05) is 43.3 Å². The standard InChI is InChI=1S/C19H21ClFN3OS.C2H6/c1-11(2)24-19(26-16-8-14(20)7-15(25)9-16)17(12(3)23-24)6-13-4-5-22-10-18(13)21;1-2/h4-5,7-8,10-11,16,25H,6,9H2,1-3H3;1-2H3. The second-order valence-electron chi connectivity index (χ2n) is 6.60. The third-order valence-corrected chi connectivity index (χ3v) is 5.69. The molecule has 28 heavy (non-hydrogen) atoms. The molecular formula is C21H27ClFN3OS. The number of allylic oxidation sites excluding steroid dienone is 3. The molecule has 1 unspecified atom stereocenters. The fraction of sp³-hybridized carbons (Fsp3) is 0.429. The lowest BCUT2D eigenvalue weighted by Gasteiger charge is -2.19. The zero-order chi connectivity index (χ0) is 20.8. The summed E-state index contributed by atoms with van der Waals surface area (Å²) in [6.07, 6.45) is 7.27. The first-order chi connectivity index (χ1) is 13.3. The molecule has 2 aromatic rings. The number of aromatic nitrogens is 3. The first-order valence-corrected chi connectivity index (χ1v) is 10.7. The number of halogens is 2. The molecule has 7 heteroatoms. The SMILES string of the molecule is CC.Cc1nn(C(C)C)c(SC2C=C(Cl)C=C(O)C2)c1Cc1ccncc1F. The van der Waals surface area contributed by atoms with Gasteiger partial charge in [0.1, 0.15) is 5.82 Å². The van der Waals surface area contributed by atoms with Gasteiger partial charge in [0.25, 0.3) is 0 Å². The van der Waals surface area contributed by atoms with E-state index in [4.69, 9.17) is 11.6 Å². The van der Waals surface area contributed by atoms with Gasteiger partial charge in [-0.2, -0.15) is 5.10 Å². The molecule has 0 aliphatic heterocycles. The van der Waals surface area contributed by atoms with E-state index in [1.165, 1.54) is 6.20 Å². The quantitative estimate of drug-likeness (QED) is 0.608. The van der Waals surface area contributed by atoms with E-state index < -0.39 is 0 Å². The Balaban J connectivity index is 0.00000136. The molecule has 1 atom stereocenters. The number of hydrogen-bond acceptors (Lipinski definition) is 4. The molecule has 2 aromatic heterocycles. The van der Waals surface area contributed by atoms with Crippen LogP contribution in [0.1, 0.15) is 57.0 Å². The highest BCUT2D eigenvalue weighted by molar-refractivity contribution is 8.00. The number of nitrogens with zero attached hydrogens (tertiary/aromatic N) is 3. The van der Waals surface area contributed by atoms with Gasteiger partial charge in [0.15, 0.2) is 0 Å². The van der Waals surface area contributed by atoms with Gasteiger partial charge in [0.05, 0.1) is 22.7 Å². The Hall–Kier alpha value is -1.79. The van der Waals surface area contributed by atoms with Crippen molar-refractivity contribution in [3.05, 3.63) is 64.0 Å². The van der Waals surface area contributed by atoms with Gasteiger partial charge in [0.2, 0.25) is 0 Å². The van der Waals surface area contributed by atoms with Crippen molar-refractivity contribution in [2.75, 3.05) is 0 Å². The normalized spacial score (nSPS) is 16.4. The van der Waals surface area contributed by atoms with E-state index in [0.717, 1.165) is 16.3 Å². The largest absolute Gasteiger partial charge is 0.512 e.